The van der Waals surface area contributed by atoms with E-state index < -0.39 is 0 Å². The minimum Gasteiger partial charge on any atom is -0.456 e. The van der Waals surface area contributed by atoms with Crippen LogP contribution in [0.2, 0.25) is 0 Å². The number of nitrogens with one attached hydrogen (secondary N) is 1. The molecule has 0 amide bonds. The largest absolute Gasteiger partial charge is 0.456 e. The quantitative estimate of drug-likeness (QED) is 0.795. The van der Waals surface area contributed by atoms with Gasteiger partial charge >= 0.3 is 0 Å². The van der Waals surface area contributed by atoms with Crippen LogP contribution in [0.1, 0.15) is 25.1 Å². The molecule has 0 saturated carbocycles. The van der Waals surface area contributed by atoms with Gasteiger partial charge in [-0.2, -0.15) is 0 Å². The van der Waals surface area contributed by atoms with Crippen molar-refractivity contribution in [2.45, 2.75) is 19.4 Å². The second-order valence-electron chi connectivity index (χ2n) is 3.94. The van der Waals surface area contributed by atoms with Crippen molar-refractivity contribution in [2.75, 3.05) is 6.54 Å². The zero-order valence-corrected chi connectivity index (χ0v) is 9.87. The lowest BCUT2D eigenvalue weighted by Crippen LogP contribution is -2.19. The van der Waals surface area contributed by atoms with Gasteiger partial charge in [-0.05, 0) is 25.1 Å². The summed E-state index contributed by atoms with van der Waals surface area (Å²) in [5.41, 5.74) is 0.328. The number of fused-ring (bicyclic) bond motifs is 1. The Labute approximate surface area is 100 Å². The summed E-state index contributed by atoms with van der Waals surface area (Å²) in [5, 5.41) is 4.09. The fourth-order valence-electron chi connectivity index (χ4n) is 1.93. The van der Waals surface area contributed by atoms with E-state index in [4.69, 9.17) is 4.42 Å². The summed E-state index contributed by atoms with van der Waals surface area (Å²) in [7, 11) is 0. The second-order valence-corrected chi connectivity index (χ2v) is 3.94. The van der Waals surface area contributed by atoms with Crippen LogP contribution in [0.5, 0.6) is 0 Å². The third-order valence-electron chi connectivity index (χ3n) is 2.71. The summed E-state index contributed by atoms with van der Waals surface area (Å²) >= 11 is 0. The van der Waals surface area contributed by atoms with E-state index in [1.54, 1.807) is 6.07 Å². The lowest BCUT2D eigenvalue weighted by atomic mass is 10.1. The zero-order chi connectivity index (χ0) is 12.3. The van der Waals surface area contributed by atoms with Gasteiger partial charge in [0, 0.05) is 5.39 Å². The fourth-order valence-corrected chi connectivity index (χ4v) is 1.93. The molecule has 0 saturated heterocycles. The van der Waals surface area contributed by atoms with Gasteiger partial charge in [-0.3, -0.25) is 0 Å². The number of para-hydroxylation sites is 1. The first-order valence-corrected chi connectivity index (χ1v) is 5.78. The average Bonchev–Trinajstić information content (AvgIpc) is 2.74. The number of hydrogen-bond donors (Lipinski definition) is 1. The van der Waals surface area contributed by atoms with Crippen molar-refractivity contribution in [3.63, 3.8) is 0 Å². The molecule has 2 rings (SSSR count). The predicted octanol–water partition coefficient (Wildman–Crippen LogP) is 3.80. The van der Waals surface area contributed by atoms with Crippen LogP contribution >= 0.6 is 0 Å². The molecule has 0 fully saturated rings. The van der Waals surface area contributed by atoms with Crippen LogP contribution in [0.4, 0.5) is 4.39 Å². The van der Waals surface area contributed by atoms with Crippen molar-refractivity contribution >= 4 is 11.0 Å². The number of rotatable bonds is 5. The van der Waals surface area contributed by atoms with Crippen molar-refractivity contribution in [2.24, 2.45) is 0 Å². The normalized spacial score (nSPS) is 12.8. The first-order chi connectivity index (χ1) is 8.26. The topological polar surface area (TPSA) is 25.2 Å². The Morgan fingerprint density at radius 3 is 3.00 bits per heavy atom. The Kier molecular flexibility index (Phi) is 3.59. The van der Waals surface area contributed by atoms with Gasteiger partial charge in [0.15, 0.2) is 11.4 Å². The standard InChI is InChI=1S/C14H16FNO/c1-3-6-12(16-4-2)13-9-10-7-5-8-11(15)14(10)17-13/h3,5,7-9,12,16H,1,4,6H2,2H3. The smallest absolute Gasteiger partial charge is 0.169 e. The second kappa shape index (κ2) is 5.15. The predicted molar refractivity (Wildman–Crippen MR) is 67.4 cm³/mol. The SMILES string of the molecule is C=CCC(NCC)c1cc2cccc(F)c2o1. The van der Waals surface area contributed by atoms with Gasteiger partial charge in [-0.1, -0.05) is 25.1 Å². The van der Waals surface area contributed by atoms with Gasteiger partial charge in [0.2, 0.25) is 0 Å². The minimum atomic E-state index is -0.317. The van der Waals surface area contributed by atoms with Crippen LogP contribution in [0.15, 0.2) is 41.3 Å². The third-order valence-corrected chi connectivity index (χ3v) is 2.71. The monoisotopic (exact) mass is 233 g/mol. The molecular formula is C14H16FNO. The van der Waals surface area contributed by atoms with Gasteiger partial charge in [-0.15, -0.1) is 6.58 Å². The van der Waals surface area contributed by atoms with Crippen molar-refractivity contribution in [3.05, 3.63) is 48.5 Å². The summed E-state index contributed by atoms with van der Waals surface area (Å²) in [6, 6.07) is 6.89. The molecule has 90 valence electrons. The molecule has 1 heterocycles. The first kappa shape index (κ1) is 11.9. The van der Waals surface area contributed by atoms with E-state index in [2.05, 4.69) is 11.9 Å². The van der Waals surface area contributed by atoms with Crippen molar-refractivity contribution < 1.29 is 8.81 Å². The van der Waals surface area contributed by atoms with E-state index in [0.717, 1.165) is 24.1 Å². The molecule has 1 N–H and O–H groups in total. The molecule has 0 spiro atoms. The lowest BCUT2D eigenvalue weighted by Gasteiger charge is -2.12. The molecule has 0 aliphatic rings. The Morgan fingerprint density at radius 2 is 2.35 bits per heavy atom. The third kappa shape index (κ3) is 2.39. The van der Waals surface area contributed by atoms with Crippen molar-refractivity contribution in [3.8, 4) is 0 Å². The van der Waals surface area contributed by atoms with E-state index in [0.29, 0.717) is 5.58 Å². The summed E-state index contributed by atoms with van der Waals surface area (Å²) in [6.45, 7) is 6.58. The van der Waals surface area contributed by atoms with E-state index >= 15 is 0 Å². The molecule has 1 atom stereocenters. The molecule has 2 aromatic rings. The zero-order valence-electron chi connectivity index (χ0n) is 9.87. The molecule has 1 unspecified atom stereocenters. The highest BCUT2D eigenvalue weighted by atomic mass is 19.1. The van der Waals surface area contributed by atoms with Gasteiger partial charge < -0.3 is 9.73 Å². The maximum atomic E-state index is 13.5. The van der Waals surface area contributed by atoms with Crippen LogP contribution in [-0.4, -0.2) is 6.54 Å². The minimum absolute atomic E-state index is 0.0595. The van der Waals surface area contributed by atoms with Crippen LogP contribution in [0.25, 0.3) is 11.0 Å². The Bertz CT molecular complexity index is 518. The number of benzene rings is 1. The number of halogens is 1. The van der Waals surface area contributed by atoms with Crippen LogP contribution in [-0.2, 0) is 0 Å². The number of furan rings is 1. The maximum Gasteiger partial charge on any atom is 0.169 e. The Balaban J connectivity index is 2.40. The molecule has 0 radical (unpaired) electrons. The van der Waals surface area contributed by atoms with Gasteiger partial charge in [-0.25, -0.2) is 4.39 Å². The molecule has 3 heteroatoms. The highest BCUT2D eigenvalue weighted by Crippen LogP contribution is 2.27. The van der Waals surface area contributed by atoms with E-state index in [-0.39, 0.29) is 11.9 Å². The molecule has 1 aromatic carbocycles. The highest BCUT2D eigenvalue weighted by molar-refractivity contribution is 5.78. The van der Waals surface area contributed by atoms with Crippen molar-refractivity contribution in [1.29, 1.82) is 0 Å². The molecule has 17 heavy (non-hydrogen) atoms. The van der Waals surface area contributed by atoms with Crippen molar-refractivity contribution in [1.82, 2.24) is 5.32 Å². The average molecular weight is 233 g/mol. The summed E-state index contributed by atoms with van der Waals surface area (Å²) in [5.74, 6) is 0.439. The van der Waals surface area contributed by atoms with Crippen LogP contribution < -0.4 is 5.32 Å². The summed E-state index contributed by atoms with van der Waals surface area (Å²) < 4.78 is 19.1. The molecule has 1 aromatic heterocycles. The van der Waals surface area contributed by atoms with Gasteiger partial charge in [0.1, 0.15) is 5.76 Å². The Hall–Kier alpha value is -1.61. The summed E-state index contributed by atoms with van der Waals surface area (Å²) in [6.07, 6.45) is 2.59. The van der Waals surface area contributed by atoms with E-state index in [1.165, 1.54) is 6.07 Å². The fraction of sp³-hybridized carbons (Fsp3) is 0.286. The highest BCUT2D eigenvalue weighted by Gasteiger charge is 2.15. The molecule has 0 bridgehead atoms. The van der Waals surface area contributed by atoms with Gasteiger partial charge in [0.05, 0.1) is 6.04 Å². The molecule has 0 aliphatic heterocycles. The molecule has 2 nitrogen and oxygen atoms in total. The van der Waals surface area contributed by atoms with E-state index in [1.807, 2.05) is 25.1 Å². The molecular weight excluding hydrogens is 217 g/mol. The first-order valence-electron chi connectivity index (χ1n) is 5.78. The van der Waals surface area contributed by atoms with Crippen LogP contribution in [0, 0.1) is 5.82 Å². The molecule has 0 aliphatic carbocycles. The van der Waals surface area contributed by atoms with Gasteiger partial charge in [0.25, 0.3) is 0 Å². The number of hydrogen-bond acceptors (Lipinski definition) is 2. The maximum absolute atomic E-state index is 13.5. The van der Waals surface area contributed by atoms with E-state index in [9.17, 15) is 4.39 Å². The summed E-state index contributed by atoms with van der Waals surface area (Å²) in [4.78, 5) is 0. The Morgan fingerprint density at radius 1 is 1.53 bits per heavy atom. The lowest BCUT2D eigenvalue weighted by molar-refractivity contribution is 0.432. The van der Waals surface area contributed by atoms with Crippen LogP contribution in [0.3, 0.4) is 0 Å².